The summed E-state index contributed by atoms with van der Waals surface area (Å²) in [5.74, 6) is 0.498. The maximum absolute atomic E-state index is 12.8. The number of pyridine rings is 2. The zero-order valence-electron chi connectivity index (χ0n) is 17.9. The van der Waals surface area contributed by atoms with Crippen molar-refractivity contribution in [2.75, 3.05) is 32.8 Å². The molecule has 0 saturated carbocycles. The zero-order chi connectivity index (χ0) is 20.8. The van der Waals surface area contributed by atoms with Crippen molar-refractivity contribution in [1.29, 1.82) is 0 Å². The second-order valence-electron chi connectivity index (χ2n) is 8.31. The molecule has 1 amide bonds. The van der Waals surface area contributed by atoms with Crippen molar-refractivity contribution in [3.8, 4) is 0 Å². The number of hydrogen-bond donors (Lipinski definition) is 0. The van der Waals surface area contributed by atoms with E-state index in [4.69, 9.17) is 4.74 Å². The van der Waals surface area contributed by atoms with E-state index in [1.54, 1.807) is 6.20 Å². The topological polar surface area (TPSA) is 58.6 Å². The highest BCUT2D eigenvalue weighted by atomic mass is 16.5. The second-order valence-corrected chi connectivity index (χ2v) is 8.31. The smallest absolute Gasteiger partial charge is 0.255 e. The van der Waals surface area contributed by atoms with Gasteiger partial charge in [0, 0.05) is 56.8 Å². The molecule has 6 nitrogen and oxygen atoms in total. The summed E-state index contributed by atoms with van der Waals surface area (Å²) in [5.41, 5.74) is 2.89. The Balaban J connectivity index is 1.33. The van der Waals surface area contributed by atoms with Crippen LogP contribution in [0.4, 0.5) is 0 Å². The molecule has 0 spiro atoms. The molecule has 30 heavy (non-hydrogen) atoms. The molecular formula is C24H32N4O2. The van der Waals surface area contributed by atoms with E-state index in [-0.39, 0.29) is 5.91 Å². The normalized spacial score (nSPS) is 21.0. The molecule has 2 aliphatic rings. The highest BCUT2D eigenvalue weighted by Crippen LogP contribution is 2.26. The third kappa shape index (κ3) is 5.24. The molecule has 6 heteroatoms. The van der Waals surface area contributed by atoms with Crippen LogP contribution in [0, 0.1) is 0 Å². The molecule has 2 fully saturated rings. The minimum atomic E-state index is 0.0874. The van der Waals surface area contributed by atoms with Crippen molar-refractivity contribution >= 4 is 5.91 Å². The van der Waals surface area contributed by atoms with Gasteiger partial charge in [-0.1, -0.05) is 6.07 Å². The number of aromatic nitrogens is 2. The van der Waals surface area contributed by atoms with Gasteiger partial charge in [0.25, 0.3) is 5.91 Å². The van der Waals surface area contributed by atoms with Gasteiger partial charge >= 0.3 is 0 Å². The number of carbonyl (C=O) groups is 1. The van der Waals surface area contributed by atoms with Crippen molar-refractivity contribution in [1.82, 2.24) is 19.8 Å². The van der Waals surface area contributed by atoms with Gasteiger partial charge in [0.15, 0.2) is 0 Å². The van der Waals surface area contributed by atoms with Crippen molar-refractivity contribution in [2.24, 2.45) is 0 Å². The van der Waals surface area contributed by atoms with Crippen LogP contribution in [0.2, 0.25) is 0 Å². The molecule has 0 aromatic carbocycles. The van der Waals surface area contributed by atoms with E-state index in [1.807, 2.05) is 36.2 Å². The Morgan fingerprint density at radius 3 is 2.67 bits per heavy atom. The van der Waals surface area contributed by atoms with Crippen LogP contribution in [0.15, 0.2) is 42.7 Å². The van der Waals surface area contributed by atoms with Crippen LogP contribution in [-0.2, 0) is 11.3 Å². The van der Waals surface area contributed by atoms with Gasteiger partial charge < -0.3 is 9.64 Å². The number of nitrogens with zero attached hydrogens (tertiary/aromatic N) is 4. The summed E-state index contributed by atoms with van der Waals surface area (Å²) in [6, 6.07) is 10.1. The van der Waals surface area contributed by atoms with Crippen LogP contribution in [0.3, 0.4) is 0 Å². The van der Waals surface area contributed by atoms with E-state index in [2.05, 4.69) is 27.0 Å². The lowest BCUT2D eigenvalue weighted by atomic mass is 9.94. The monoisotopic (exact) mass is 408 g/mol. The van der Waals surface area contributed by atoms with Crippen molar-refractivity contribution in [3.05, 3.63) is 59.7 Å². The predicted molar refractivity (Wildman–Crippen MR) is 116 cm³/mol. The molecule has 0 aliphatic carbocycles. The molecular weight excluding hydrogens is 376 g/mol. The lowest BCUT2D eigenvalue weighted by Gasteiger charge is -2.33. The summed E-state index contributed by atoms with van der Waals surface area (Å²) >= 11 is 0. The van der Waals surface area contributed by atoms with Gasteiger partial charge in [0.2, 0.25) is 0 Å². The number of carbonyl (C=O) groups excluding carboxylic acids is 1. The van der Waals surface area contributed by atoms with Gasteiger partial charge in [-0.2, -0.15) is 0 Å². The van der Waals surface area contributed by atoms with Gasteiger partial charge in [0.05, 0.1) is 17.4 Å². The second kappa shape index (κ2) is 10.1. The first-order valence-electron chi connectivity index (χ1n) is 11.2. The lowest BCUT2D eigenvalue weighted by molar-refractivity contribution is 0.0146. The van der Waals surface area contributed by atoms with Crippen LogP contribution in [-0.4, -0.2) is 64.6 Å². The number of amides is 1. The third-order valence-corrected chi connectivity index (χ3v) is 6.20. The van der Waals surface area contributed by atoms with Gasteiger partial charge in [0.1, 0.15) is 0 Å². The minimum absolute atomic E-state index is 0.0874. The van der Waals surface area contributed by atoms with Crippen LogP contribution >= 0.6 is 0 Å². The molecule has 4 heterocycles. The Bertz CT molecular complexity index is 804. The highest BCUT2D eigenvalue weighted by Gasteiger charge is 2.25. The number of rotatable bonds is 6. The van der Waals surface area contributed by atoms with Gasteiger partial charge in [-0.15, -0.1) is 0 Å². The number of piperidine rings is 2. The fourth-order valence-electron chi connectivity index (χ4n) is 4.58. The Morgan fingerprint density at radius 2 is 1.97 bits per heavy atom. The zero-order valence-corrected chi connectivity index (χ0v) is 17.9. The molecule has 0 bridgehead atoms. The lowest BCUT2D eigenvalue weighted by Crippen LogP contribution is -2.41. The Morgan fingerprint density at radius 1 is 1.10 bits per heavy atom. The van der Waals surface area contributed by atoms with Crippen LogP contribution in [0.1, 0.15) is 60.3 Å². The highest BCUT2D eigenvalue weighted by molar-refractivity contribution is 5.94. The quantitative estimate of drug-likeness (QED) is 0.732. The van der Waals surface area contributed by atoms with Crippen molar-refractivity contribution in [3.63, 3.8) is 0 Å². The van der Waals surface area contributed by atoms with E-state index >= 15 is 0 Å². The van der Waals surface area contributed by atoms with E-state index in [0.29, 0.717) is 17.6 Å². The fourth-order valence-corrected chi connectivity index (χ4v) is 4.58. The summed E-state index contributed by atoms with van der Waals surface area (Å²) in [4.78, 5) is 26.4. The molecule has 2 aromatic rings. The number of likely N-dealkylation sites (tertiary alicyclic amines) is 2. The molecule has 2 aromatic heterocycles. The van der Waals surface area contributed by atoms with Gasteiger partial charge in [-0.3, -0.25) is 19.7 Å². The SMILES string of the molecule is CCOC1CCN(C(=O)c2ccc([C@@H]3CCCN(Cc4ccccn4)C3)nc2)CC1. The predicted octanol–water partition coefficient (Wildman–Crippen LogP) is 3.50. The van der Waals surface area contributed by atoms with Crippen molar-refractivity contribution in [2.45, 2.75) is 51.2 Å². The third-order valence-electron chi connectivity index (χ3n) is 6.20. The van der Waals surface area contributed by atoms with Crippen LogP contribution < -0.4 is 0 Å². The standard InChI is InChI=1S/C24H32N4O2/c1-2-30-22-10-14-28(15-11-22)24(29)19-8-9-23(26-16-19)20-6-5-13-27(17-20)18-21-7-3-4-12-25-21/h3-4,7-9,12,16,20,22H,2,5-6,10-11,13-15,17-18H2,1H3/t20-/m1/s1. The molecule has 0 radical (unpaired) electrons. The van der Waals surface area contributed by atoms with E-state index in [1.165, 1.54) is 0 Å². The Labute approximate surface area is 179 Å². The first-order chi connectivity index (χ1) is 14.7. The molecule has 2 aliphatic heterocycles. The maximum Gasteiger partial charge on any atom is 0.255 e. The molecule has 160 valence electrons. The summed E-state index contributed by atoms with van der Waals surface area (Å²) in [6.45, 7) is 7.25. The molecule has 0 unspecified atom stereocenters. The van der Waals surface area contributed by atoms with E-state index < -0.39 is 0 Å². The first kappa shape index (κ1) is 20.9. The number of ether oxygens (including phenoxy) is 1. The summed E-state index contributed by atoms with van der Waals surface area (Å²) < 4.78 is 5.69. The summed E-state index contributed by atoms with van der Waals surface area (Å²) in [6.07, 6.45) is 8.05. The molecule has 0 N–H and O–H groups in total. The van der Waals surface area contributed by atoms with E-state index in [0.717, 1.165) is 76.4 Å². The van der Waals surface area contributed by atoms with E-state index in [9.17, 15) is 4.79 Å². The average molecular weight is 409 g/mol. The number of hydrogen-bond acceptors (Lipinski definition) is 5. The van der Waals surface area contributed by atoms with Gasteiger partial charge in [-0.05, 0) is 63.4 Å². The Kier molecular flexibility index (Phi) is 7.07. The van der Waals surface area contributed by atoms with Gasteiger partial charge in [-0.25, -0.2) is 0 Å². The Hall–Kier alpha value is -2.31. The van der Waals surface area contributed by atoms with Crippen LogP contribution in [0.5, 0.6) is 0 Å². The van der Waals surface area contributed by atoms with Crippen molar-refractivity contribution < 1.29 is 9.53 Å². The molecule has 4 rings (SSSR count). The minimum Gasteiger partial charge on any atom is -0.378 e. The van der Waals surface area contributed by atoms with Crippen LogP contribution in [0.25, 0.3) is 0 Å². The maximum atomic E-state index is 12.8. The molecule has 1 atom stereocenters. The fraction of sp³-hybridized carbons (Fsp3) is 0.542. The summed E-state index contributed by atoms with van der Waals surface area (Å²) in [5, 5.41) is 0. The first-order valence-corrected chi connectivity index (χ1v) is 11.2. The molecule has 2 saturated heterocycles. The average Bonchev–Trinajstić information content (AvgIpc) is 2.80. The summed E-state index contributed by atoms with van der Waals surface area (Å²) in [7, 11) is 0. The largest absolute Gasteiger partial charge is 0.378 e.